The Morgan fingerprint density at radius 2 is 2.00 bits per heavy atom. The second kappa shape index (κ2) is 6.50. The Morgan fingerprint density at radius 1 is 1.19 bits per heavy atom. The van der Waals surface area contributed by atoms with Gasteiger partial charge in [-0.25, -0.2) is 0 Å². The van der Waals surface area contributed by atoms with Crippen LogP contribution in [0.4, 0.5) is 0 Å². The predicted molar refractivity (Wildman–Crippen MR) is 82.3 cm³/mol. The van der Waals surface area contributed by atoms with E-state index in [9.17, 15) is 0 Å². The van der Waals surface area contributed by atoms with Crippen molar-refractivity contribution in [1.82, 2.24) is 4.98 Å². The highest BCUT2D eigenvalue weighted by Gasteiger charge is 2.20. The average molecular weight is 286 g/mol. The van der Waals surface area contributed by atoms with Crippen molar-refractivity contribution in [3.8, 4) is 0 Å². The van der Waals surface area contributed by atoms with Crippen LogP contribution in [0, 0.1) is 0 Å². The minimum absolute atomic E-state index is 0.283. The monoisotopic (exact) mass is 286 g/mol. The molecule has 0 bridgehead atoms. The second-order valence-corrected chi connectivity index (χ2v) is 5.70. The summed E-state index contributed by atoms with van der Waals surface area (Å²) in [7, 11) is 0. The minimum atomic E-state index is -0.313. The molecule has 1 atom stereocenters. The Kier molecular flexibility index (Phi) is 4.46. The Balaban J connectivity index is 1.79. The molecule has 1 aromatic heterocycles. The number of rotatable bonds is 3. The van der Waals surface area contributed by atoms with Gasteiger partial charge in [0.15, 0.2) is 0 Å². The average Bonchev–Trinajstić information content (AvgIpc) is 2.56. The first kappa shape index (κ1) is 14.4. The van der Waals surface area contributed by atoms with E-state index in [4.69, 9.17) is 14.5 Å². The molecule has 2 aliphatic heterocycles. The topological polar surface area (TPSA) is 43.7 Å². The number of allylic oxidation sites excluding steroid dienone is 1. The summed E-state index contributed by atoms with van der Waals surface area (Å²) in [4.78, 5) is 9.20. The summed E-state index contributed by atoms with van der Waals surface area (Å²) in [6, 6.07) is 6.08. The maximum atomic E-state index is 5.64. The predicted octanol–water partition coefficient (Wildman–Crippen LogP) is 3.76. The van der Waals surface area contributed by atoms with Gasteiger partial charge in [0.1, 0.15) is 0 Å². The highest BCUT2D eigenvalue weighted by Crippen LogP contribution is 2.30. The summed E-state index contributed by atoms with van der Waals surface area (Å²) >= 11 is 0. The van der Waals surface area contributed by atoms with Gasteiger partial charge < -0.3 is 9.47 Å². The molecule has 0 saturated carbocycles. The van der Waals surface area contributed by atoms with Gasteiger partial charge in [-0.3, -0.25) is 9.98 Å². The number of aromatic nitrogens is 1. The molecule has 3 heterocycles. The molecule has 112 valence electrons. The fourth-order valence-electron chi connectivity index (χ4n) is 2.67. The zero-order chi connectivity index (χ0) is 14.7. The van der Waals surface area contributed by atoms with E-state index in [0.717, 1.165) is 43.9 Å². The van der Waals surface area contributed by atoms with Crippen LogP contribution >= 0.6 is 0 Å². The molecule has 1 saturated heterocycles. The third-order valence-corrected chi connectivity index (χ3v) is 4.09. The lowest BCUT2D eigenvalue weighted by Gasteiger charge is -2.24. The van der Waals surface area contributed by atoms with E-state index in [2.05, 4.69) is 24.9 Å². The summed E-state index contributed by atoms with van der Waals surface area (Å²) in [5.74, 6) is 0.283. The van der Waals surface area contributed by atoms with E-state index >= 15 is 0 Å². The molecule has 1 aromatic rings. The van der Waals surface area contributed by atoms with Crippen molar-refractivity contribution in [3.63, 3.8) is 0 Å². The first-order valence-corrected chi connectivity index (χ1v) is 7.66. The second-order valence-electron chi connectivity index (χ2n) is 5.70. The molecular weight excluding hydrogens is 264 g/mol. The maximum absolute atomic E-state index is 5.64. The molecule has 1 unspecified atom stereocenters. The van der Waals surface area contributed by atoms with Crippen LogP contribution in [0.15, 0.2) is 35.0 Å². The third kappa shape index (κ3) is 3.39. The van der Waals surface area contributed by atoms with Crippen molar-refractivity contribution in [2.75, 3.05) is 13.2 Å². The lowest BCUT2D eigenvalue weighted by molar-refractivity contribution is -0.185. The summed E-state index contributed by atoms with van der Waals surface area (Å²) < 4.78 is 11.3. The molecule has 0 aromatic carbocycles. The van der Waals surface area contributed by atoms with Gasteiger partial charge >= 0.3 is 0 Å². The molecule has 0 radical (unpaired) electrons. The van der Waals surface area contributed by atoms with Gasteiger partial charge in [-0.1, -0.05) is 13.0 Å². The normalized spacial score (nSPS) is 21.6. The lowest BCUT2D eigenvalue weighted by Crippen LogP contribution is -2.19. The van der Waals surface area contributed by atoms with Gasteiger partial charge in [0, 0.05) is 23.5 Å². The van der Waals surface area contributed by atoms with Crippen molar-refractivity contribution in [3.05, 3.63) is 41.4 Å². The standard InChI is InChI=1S/C17H22N2O2/c1-12-7-8-14(11-18-12)13(2)15-5-3-6-16(19-15)17-20-9-4-10-21-17/h3,5-6,11,13,17H,4,7-10H2,1-2H3. The maximum Gasteiger partial charge on any atom is 0.201 e. The van der Waals surface area contributed by atoms with E-state index in [-0.39, 0.29) is 12.2 Å². The van der Waals surface area contributed by atoms with Crippen LogP contribution in [0.3, 0.4) is 0 Å². The molecule has 4 heteroatoms. The Hall–Kier alpha value is -1.52. The summed E-state index contributed by atoms with van der Waals surface area (Å²) in [5, 5.41) is 0. The molecule has 0 spiro atoms. The molecule has 0 aliphatic carbocycles. The number of aliphatic imine (C=N–C) groups is 1. The van der Waals surface area contributed by atoms with E-state index in [0.29, 0.717) is 0 Å². The molecule has 0 N–H and O–H groups in total. The van der Waals surface area contributed by atoms with E-state index in [1.165, 1.54) is 11.3 Å². The number of hydrogen-bond donors (Lipinski definition) is 0. The Bertz CT molecular complexity index is 560. The molecule has 2 aliphatic rings. The van der Waals surface area contributed by atoms with Crippen LogP contribution in [0.2, 0.25) is 0 Å². The Morgan fingerprint density at radius 3 is 2.71 bits per heavy atom. The molecule has 21 heavy (non-hydrogen) atoms. The first-order chi connectivity index (χ1) is 10.2. The van der Waals surface area contributed by atoms with Crippen LogP contribution in [0.25, 0.3) is 0 Å². The minimum Gasteiger partial charge on any atom is -0.347 e. The molecule has 3 rings (SSSR count). The number of pyridine rings is 1. The van der Waals surface area contributed by atoms with Crippen LogP contribution in [-0.4, -0.2) is 23.9 Å². The van der Waals surface area contributed by atoms with E-state index in [1.54, 1.807) is 0 Å². The molecule has 0 amide bonds. The van der Waals surface area contributed by atoms with Gasteiger partial charge in [-0.15, -0.1) is 0 Å². The highest BCUT2D eigenvalue weighted by atomic mass is 16.7. The van der Waals surface area contributed by atoms with Crippen molar-refractivity contribution in [1.29, 1.82) is 0 Å². The zero-order valence-corrected chi connectivity index (χ0v) is 12.7. The van der Waals surface area contributed by atoms with E-state index in [1.807, 2.05) is 18.3 Å². The summed E-state index contributed by atoms with van der Waals surface area (Å²) in [5.41, 5.74) is 4.48. The first-order valence-electron chi connectivity index (χ1n) is 7.66. The van der Waals surface area contributed by atoms with Gasteiger partial charge in [0.2, 0.25) is 6.29 Å². The fourth-order valence-corrected chi connectivity index (χ4v) is 2.67. The van der Waals surface area contributed by atoms with Crippen molar-refractivity contribution >= 4 is 5.71 Å². The zero-order valence-electron chi connectivity index (χ0n) is 12.7. The lowest BCUT2D eigenvalue weighted by atomic mass is 9.92. The van der Waals surface area contributed by atoms with Gasteiger partial charge in [0.05, 0.1) is 18.9 Å². The van der Waals surface area contributed by atoms with Crippen molar-refractivity contribution in [2.45, 2.75) is 45.3 Å². The number of hydrogen-bond acceptors (Lipinski definition) is 4. The van der Waals surface area contributed by atoms with Crippen LogP contribution in [0.1, 0.15) is 56.7 Å². The molecular formula is C17H22N2O2. The van der Waals surface area contributed by atoms with Crippen LogP contribution in [0.5, 0.6) is 0 Å². The van der Waals surface area contributed by atoms with Gasteiger partial charge in [0.25, 0.3) is 0 Å². The van der Waals surface area contributed by atoms with Crippen LogP contribution in [-0.2, 0) is 9.47 Å². The van der Waals surface area contributed by atoms with E-state index < -0.39 is 0 Å². The van der Waals surface area contributed by atoms with Crippen LogP contribution < -0.4 is 0 Å². The number of nitrogens with zero attached hydrogens (tertiary/aromatic N) is 2. The quantitative estimate of drug-likeness (QED) is 0.849. The Labute approximate surface area is 125 Å². The van der Waals surface area contributed by atoms with Crippen molar-refractivity contribution in [2.24, 2.45) is 4.99 Å². The van der Waals surface area contributed by atoms with Crippen molar-refractivity contribution < 1.29 is 9.47 Å². The van der Waals surface area contributed by atoms with Gasteiger partial charge in [-0.05, 0) is 43.9 Å². The fraction of sp³-hybridized carbons (Fsp3) is 0.529. The third-order valence-electron chi connectivity index (χ3n) is 4.09. The molecule has 1 fully saturated rings. The van der Waals surface area contributed by atoms with Gasteiger partial charge in [-0.2, -0.15) is 0 Å². The largest absolute Gasteiger partial charge is 0.347 e. The number of ether oxygens (including phenoxy) is 2. The smallest absolute Gasteiger partial charge is 0.201 e. The summed E-state index contributed by atoms with van der Waals surface area (Å²) in [6.45, 7) is 5.75. The SMILES string of the molecule is CC1=NC=C(C(C)c2cccc(C3OCCCO3)n2)CC1. The molecule has 4 nitrogen and oxygen atoms in total. The summed E-state index contributed by atoms with van der Waals surface area (Å²) in [6.07, 6.45) is 4.76. The highest BCUT2D eigenvalue weighted by molar-refractivity contribution is 5.83.